The zero-order valence-corrected chi connectivity index (χ0v) is 16.6. The summed E-state index contributed by atoms with van der Waals surface area (Å²) in [5, 5.41) is 14.5. The van der Waals surface area contributed by atoms with E-state index in [9.17, 15) is 18.0 Å². The van der Waals surface area contributed by atoms with E-state index >= 15 is 0 Å². The molecule has 0 heterocycles. The smallest absolute Gasteiger partial charge is 0.319 e. The van der Waals surface area contributed by atoms with Crippen molar-refractivity contribution >= 4 is 27.7 Å². The molecule has 0 unspecified atom stereocenters. The monoisotopic (exact) mass is 397 g/mol. The molecule has 0 aliphatic heterocycles. The molecule has 1 aromatic rings. The average Bonchev–Trinajstić information content (AvgIpc) is 2.53. The van der Waals surface area contributed by atoms with Crippen LogP contribution >= 0.6 is 0 Å². The number of carbonyl (C=O) groups excluding carboxylic acids is 1. The number of carbonyl (C=O) groups is 2. The van der Waals surface area contributed by atoms with Gasteiger partial charge in [-0.1, -0.05) is 6.07 Å². The second kappa shape index (κ2) is 8.26. The third-order valence-electron chi connectivity index (χ3n) is 4.25. The number of nitrogens with one attached hydrogen (secondary N) is 3. The van der Waals surface area contributed by atoms with Crippen LogP contribution in [0.1, 0.15) is 46.5 Å². The van der Waals surface area contributed by atoms with Crippen molar-refractivity contribution in [1.29, 1.82) is 0 Å². The SMILES string of the molecule is CC(C)(C)NS(=O)(=O)c1cccc(NC(=O)NC2CCC(C(=O)O)CC2)c1. The highest BCUT2D eigenvalue weighted by molar-refractivity contribution is 7.89. The molecule has 2 amide bonds. The maximum absolute atomic E-state index is 12.4. The minimum Gasteiger partial charge on any atom is -0.481 e. The van der Waals surface area contributed by atoms with Gasteiger partial charge in [0.1, 0.15) is 0 Å². The van der Waals surface area contributed by atoms with Crippen molar-refractivity contribution in [1.82, 2.24) is 10.0 Å². The van der Waals surface area contributed by atoms with Gasteiger partial charge in [-0.05, 0) is 64.7 Å². The van der Waals surface area contributed by atoms with Gasteiger partial charge < -0.3 is 15.7 Å². The molecule has 1 aromatic carbocycles. The Bertz CT molecular complexity index is 793. The van der Waals surface area contributed by atoms with Crippen LogP contribution in [0.15, 0.2) is 29.2 Å². The molecule has 1 saturated carbocycles. The Morgan fingerprint density at radius 1 is 1.11 bits per heavy atom. The highest BCUT2D eigenvalue weighted by atomic mass is 32.2. The van der Waals surface area contributed by atoms with Crippen molar-refractivity contribution in [2.24, 2.45) is 5.92 Å². The van der Waals surface area contributed by atoms with Crippen molar-refractivity contribution < 1.29 is 23.1 Å². The normalized spacial score (nSPS) is 20.7. The number of anilines is 1. The topological polar surface area (TPSA) is 125 Å². The zero-order chi connectivity index (χ0) is 20.2. The molecule has 8 nitrogen and oxygen atoms in total. The van der Waals surface area contributed by atoms with Gasteiger partial charge in [0.2, 0.25) is 10.0 Å². The molecule has 27 heavy (non-hydrogen) atoms. The first kappa shape index (κ1) is 21.2. The predicted octanol–water partition coefficient (Wildman–Crippen LogP) is 2.53. The van der Waals surface area contributed by atoms with Crippen LogP contribution in [0.25, 0.3) is 0 Å². The Balaban J connectivity index is 1.96. The largest absolute Gasteiger partial charge is 0.481 e. The van der Waals surface area contributed by atoms with E-state index in [1.54, 1.807) is 32.9 Å². The number of urea groups is 1. The fraction of sp³-hybridized carbons (Fsp3) is 0.556. The van der Waals surface area contributed by atoms with Gasteiger partial charge in [-0.3, -0.25) is 4.79 Å². The molecule has 0 atom stereocenters. The van der Waals surface area contributed by atoms with E-state index in [0.717, 1.165) is 0 Å². The molecular formula is C18H27N3O5S. The highest BCUT2D eigenvalue weighted by Gasteiger charge is 2.27. The first-order valence-corrected chi connectivity index (χ1v) is 10.4. The molecule has 1 aliphatic rings. The van der Waals surface area contributed by atoms with Crippen molar-refractivity contribution in [3.63, 3.8) is 0 Å². The summed E-state index contributed by atoms with van der Waals surface area (Å²) in [4.78, 5) is 23.2. The van der Waals surface area contributed by atoms with Crippen molar-refractivity contribution in [3.8, 4) is 0 Å². The van der Waals surface area contributed by atoms with Crippen LogP contribution in [0.3, 0.4) is 0 Å². The molecule has 150 valence electrons. The molecule has 0 aromatic heterocycles. The van der Waals surface area contributed by atoms with Gasteiger partial charge in [0.25, 0.3) is 0 Å². The standard InChI is InChI=1S/C18H27N3O5S/c1-18(2,3)21-27(25,26)15-6-4-5-14(11-15)20-17(24)19-13-9-7-12(8-10-13)16(22)23/h4-6,11-13,21H,7-10H2,1-3H3,(H,22,23)(H2,19,20,24). The number of carboxylic acid groups (broad SMARTS) is 1. The lowest BCUT2D eigenvalue weighted by Gasteiger charge is -2.26. The maximum Gasteiger partial charge on any atom is 0.319 e. The molecule has 1 fully saturated rings. The number of rotatable bonds is 5. The Morgan fingerprint density at radius 2 is 1.74 bits per heavy atom. The predicted molar refractivity (Wildman–Crippen MR) is 102 cm³/mol. The minimum atomic E-state index is -3.70. The summed E-state index contributed by atoms with van der Waals surface area (Å²) in [6.07, 6.45) is 2.28. The van der Waals surface area contributed by atoms with Crippen LogP contribution in [0.5, 0.6) is 0 Å². The second-order valence-electron chi connectivity index (χ2n) is 7.87. The first-order valence-electron chi connectivity index (χ1n) is 8.91. The van der Waals surface area contributed by atoms with E-state index in [-0.39, 0.29) is 16.9 Å². The molecule has 0 saturated heterocycles. The number of sulfonamides is 1. The van der Waals surface area contributed by atoms with Crippen molar-refractivity contribution in [3.05, 3.63) is 24.3 Å². The molecule has 4 N–H and O–H groups in total. The number of carboxylic acids is 1. The quantitative estimate of drug-likeness (QED) is 0.608. The summed E-state index contributed by atoms with van der Waals surface area (Å²) in [5.41, 5.74) is -0.252. The molecular weight excluding hydrogens is 370 g/mol. The van der Waals surface area contributed by atoms with Gasteiger partial charge in [0.05, 0.1) is 10.8 Å². The van der Waals surface area contributed by atoms with Crippen LogP contribution < -0.4 is 15.4 Å². The van der Waals surface area contributed by atoms with Crippen LogP contribution in [0, 0.1) is 5.92 Å². The van der Waals surface area contributed by atoms with Crippen molar-refractivity contribution in [2.75, 3.05) is 5.32 Å². The fourth-order valence-corrected chi connectivity index (χ4v) is 4.50. The average molecular weight is 397 g/mol. The minimum absolute atomic E-state index is 0.0668. The van der Waals surface area contributed by atoms with Gasteiger partial charge in [-0.15, -0.1) is 0 Å². The Labute approximate surface area is 159 Å². The Kier molecular flexibility index (Phi) is 6.48. The Morgan fingerprint density at radius 3 is 2.30 bits per heavy atom. The third-order valence-corrected chi connectivity index (χ3v) is 6.01. The lowest BCUT2D eigenvalue weighted by atomic mass is 9.86. The lowest BCUT2D eigenvalue weighted by Crippen LogP contribution is -2.41. The molecule has 0 bridgehead atoms. The van der Waals surface area contributed by atoms with E-state index in [1.165, 1.54) is 12.1 Å². The van der Waals surface area contributed by atoms with Gasteiger partial charge in [0, 0.05) is 17.3 Å². The number of aliphatic carboxylic acids is 1. The van der Waals surface area contributed by atoms with Gasteiger partial charge in [0.15, 0.2) is 0 Å². The van der Waals surface area contributed by atoms with E-state index < -0.39 is 27.6 Å². The van der Waals surface area contributed by atoms with Gasteiger partial charge in [-0.25, -0.2) is 17.9 Å². The maximum atomic E-state index is 12.4. The molecule has 0 radical (unpaired) electrons. The molecule has 2 rings (SSSR count). The summed E-state index contributed by atoms with van der Waals surface area (Å²) in [5.74, 6) is -1.14. The van der Waals surface area contributed by atoms with Crippen molar-refractivity contribution in [2.45, 2.75) is 62.9 Å². The molecule has 0 spiro atoms. The summed E-state index contributed by atoms with van der Waals surface area (Å²) in [6, 6.07) is 5.50. The molecule has 1 aliphatic carbocycles. The molecule has 9 heteroatoms. The number of benzene rings is 1. The summed E-state index contributed by atoms with van der Waals surface area (Å²) < 4.78 is 27.4. The van der Waals surface area contributed by atoms with Crippen LogP contribution in [0.2, 0.25) is 0 Å². The van der Waals surface area contributed by atoms with E-state index in [0.29, 0.717) is 31.4 Å². The van der Waals surface area contributed by atoms with Gasteiger partial charge >= 0.3 is 12.0 Å². The first-order chi connectivity index (χ1) is 12.5. The van der Waals surface area contributed by atoms with Crippen LogP contribution in [-0.2, 0) is 14.8 Å². The van der Waals surface area contributed by atoms with E-state index in [1.807, 2.05) is 0 Å². The second-order valence-corrected chi connectivity index (χ2v) is 9.55. The lowest BCUT2D eigenvalue weighted by molar-refractivity contribution is -0.142. The number of hydrogen-bond donors (Lipinski definition) is 4. The highest BCUT2D eigenvalue weighted by Crippen LogP contribution is 2.24. The fourth-order valence-electron chi connectivity index (χ4n) is 3.04. The van der Waals surface area contributed by atoms with Gasteiger partial charge in [-0.2, -0.15) is 0 Å². The summed E-state index contributed by atoms with van der Waals surface area (Å²) in [6.45, 7) is 5.25. The number of amides is 2. The summed E-state index contributed by atoms with van der Waals surface area (Å²) >= 11 is 0. The zero-order valence-electron chi connectivity index (χ0n) is 15.8. The Hall–Kier alpha value is -2.13. The van der Waals surface area contributed by atoms with E-state index in [2.05, 4.69) is 15.4 Å². The summed E-state index contributed by atoms with van der Waals surface area (Å²) in [7, 11) is -3.70. The third kappa shape index (κ3) is 6.51. The number of hydrogen-bond acceptors (Lipinski definition) is 4. The van der Waals surface area contributed by atoms with Crippen LogP contribution in [0.4, 0.5) is 10.5 Å². The van der Waals surface area contributed by atoms with E-state index in [4.69, 9.17) is 5.11 Å². The van der Waals surface area contributed by atoms with Crippen LogP contribution in [-0.4, -0.2) is 37.1 Å².